The Bertz CT molecular complexity index is 1200. The summed E-state index contributed by atoms with van der Waals surface area (Å²) >= 11 is 5.94. The van der Waals surface area contributed by atoms with Crippen molar-refractivity contribution in [2.24, 2.45) is 0 Å². The zero-order valence-electron chi connectivity index (χ0n) is 19.2. The first-order valence-electron chi connectivity index (χ1n) is 10.6. The third-order valence-electron chi connectivity index (χ3n) is 5.74. The maximum Gasteiger partial charge on any atom is 0.523 e. The van der Waals surface area contributed by atoms with Gasteiger partial charge in [-0.2, -0.15) is 26.7 Å². The lowest BCUT2D eigenvalue weighted by molar-refractivity contribution is -0.109. The molecule has 0 bridgehead atoms. The van der Waals surface area contributed by atoms with Crippen molar-refractivity contribution in [3.8, 4) is 0 Å². The number of allylic oxidation sites excluding steroid dienone is 2. The SMILES string of the molecule is CCOC(=O)c1cnn(C2CN(C3C=C(Cl)C=CC3(C)OS(=O)(=O)C(F)(F)F)CC(F)(F)C2)c1C(F)F. The van der Waals surface area contributed by atoms with E-state index in [1.54, 1.807) is 0 Å². The van der Waals surface area contributed by atoms with E-state index in [-0.39, 0.29) is 11.6 Å². The van der Waals surface area contributed by atoms with Crippen LogP contribution in [0, 0.1) is 0 Å². The number of likely N-dealkylation sites (tertiary alicyclic amines) is 1. The van der Waals surface area contributed by atoms with E-state index in [0.29, 0.717) is 4.68 Å². The second-order valence-electron chi connectivity index (χ2n) is 8.55. The van der Waals surface area contributed by atoms with Crippen molar-refractivity contribution in [2.75, 3.05) is 19.7 Å². The van der Waals surface area contributed by atoms with Gasteiger partial charge in [0.25, 0.3) is 12.3 Å². The molecule has 3 atom stereocenters. The van der Waals surface area contributed by atoms with Crippen molar-refractivity contribution >= 4 is 27.7 Å². The number of hydrogen-bond acceptors (Lipinski definition) is 7. The number of hydrogen-bond donors (Lipinski definition) is 0. The summed E-state index contributed by atoms with van der Waals surface area (Å²) in [5.74, 6) is -4.74. The maximum atomic E-state index is 14.9. The average molecular weight is 584 g/mol. The second kappa shape index (κ2) is 10.2. The van der Waals surface area contributed by atoms with Crippen LogP contribution in [0.2, 0.25) is 0 Å². The molecule has 1 aliphatic heterocycles. The number of carbonyl (C=O) groups is 1. The van der Waals surface area contributed by atoms with Crippen molar-refractivity contribution in [2.45, 2.75) is 55.8 Å². The van der Waals surface area contributed by atoms with E-state index in [9.17, 15) is 43.9 Å². The van der Waals surface area contributed by atoms with Crippen LogP contribution in [0.1, 0.15) is 48.8 Å². The first-order chi connectivity index (χ1) is 16.9. The van der Waals surface area contributed by atoms with Crippen LogP contribution >= 0.6 is 11.6 Å². The van der Waals surface area contributed by atoms with Crippen LogP contribution in [0.25, 0.3) is 0 Å². The van der Waals surface area contributed by atoms with Crippen LogP contribution < -0.4 is 0 Å². The fourth-order valence-corrected chi connectivity index (χ4v) is 5.18. The molecule has 3 unspecified atom stereocenters. The van der Waals surface area contributed by atoms with Crippen LogP contribution in [0.3, 0.4) is 0 Å². The molecule has 8 nitrogen and oxygen atoms in total. The third kappa shape index (κ3) is 6.12. The number of aromatic nitrogens is 2. The largest absolute Gasteiger partial charge is 0.523 e. The minimum absolute atomic E-state index is 0.113. The van der Waals surface area contributed by atoms with Gasteiger partial charge in [-0.15, -0.1) is 0 Å². The zero-order chi connectivity index (χ0) is 28.0. The smallest absolute Gasteiger partial charge is 0.462 e. The van der Waals surface area contributed by atoms with Crippen molar-refractivity contribution < 1.29 is 52.9 Å². The molecule has 0 radical (unpaired) electrons. The fraction of sp³-hybridized carbons (Fsp3) is 0.600. The Hall–Kier alpha value is -2.17. The van der Waals surface area contributed by atoms with Crippen LogP contribution in [-0.4, -0.2) is 71.8 Å². The van der Waals surface area contributed by atoms with Gasteiger partial charge in [-0.1, -0.05) is 11.6 Å². The van der Waals surface area contributed by atoms with Gasteiger partial charge in [0, 0.05) is 18.0 Å². The highest BCUT2D eigenvalue weighted by atomic mass is 35.5. The monoisotopic (exact) mass is 583 g/mol. The maximum absolute atomic E-state index is 14.9. The number of piperidine rings is 1. The molecular formula is C20H21ClF7N3O5S. The van der Waals surface area contributed by atoms with E-state index < -0.39 is 82.4 Å². The van der Waals surface area contributed by atoms with Gasteiger partial charge in [0.15, 0.2) is 0 Å². The van der Waals surface area contributed by atoms with E-state index in [1.807, 2.05) is 0 Å². The van der Waals surface area contributed by atoms with E-state index in [2.05, 4.69) is 9.28 Å². The summed E-state index contributed by atoms with van der Waals surface area (Å²) in [6.07, 6.45) is -0.637. The third-order valence-corrected chi connectivity index (χ3v) is 7.14. The van der Waals surface area contributed by atoms with E-state index in [4.69, 9.17) is 16.3 Å². The number of alkyl halides is 7. The molecule has 1 fully saturated rings. The second-order valence-corrected chi connectivity index (χ2v) is 10.5. The van der Waals surface area contributed by atoms with Gasteiger partial charge in [0.2, 0.25) is 0 Å². The highest BCUT2D eigenvalue weighted by Gasteiger charge is 2.55. The Labute approximate surface area is 211 Å². The molecule has 2 heterocycles. The van der Waals surface area contributed by atoms with E-state index in [1.165, 1.54) is 6.92 Å². The lowest BCUT2D eigenvalue weighted by Crippen LogP contribution is -2.59. The Morgan fingerprint density at radius 2 is 1.97 bits per heavy atom. The molecule has 0 N–H and O–H groups in total. The number of ether oxygens (including phenoxy) is 1. The molecule has 1 aromatic rings. The standard InChI is InChI=1S/C20H21ClF7N3O5S/c1-3-35-17(32)13-8-29-31(15(13)16(22)23)12-7-19(24,25)10-30(9-12)14-6-11(21)4-5-18(14,2)36-37(33,34)20(26,27)28/h4-6,8,12,14,16H,3,7,9-10H2,1-2H3. The van der Waals surface area contributed by atoms with Crippen LogP contribution in [0.5, 0.6) is 0 Å². The van der Waals surface area contributed by atoms with Gasteiger partial charge in [-0.3, -0.25) is 13.8 Å². The van der Waals surface area contributed by atoms with Gasteiger partial charge in [-0.05, 0) is 32.1 Å². The van der Waals surface area contributed by atoms with E-state index in [0.717, 1.165) is 36.2 Å². The summed E-state index contributed by atoms with van der Waals surface area (Å²) in [7, 11) is -6.17. The quantitative estimate of drug-likeness (QED) is 0.201. The molecule has 2 aliphatic rings. The number of rotatable bonds is 7. The summed E-state index contributed by atoms with van der Waals surface area (Å²) in [6.45, 7) is 0.604. The highest BCUT2D eigenvalue weighted by Crippen LogP contribution is 2.42. The lowest BCUT2D eigenvalue weighted by atomic mass is 9.88. The summed E-state index contributed by atoms with van der Waals surface area (Å²) in [4.78, 5) is 12.9. The van der Waals surface area contributed by atoms with Gasteiger partial charge in [-0.25, -0.2) is 22.4 Å². The minimum atomic E-state index is -6.17. The molecule has 208 valence electrons. The normalized spacial score (nSPS) is 26.8. The molecule has 1 aliphatic carbocycles. The minimum Gasteiger partial charge on any atom is -0.462 e. The Morgan fingerprint density at radius 1 is 1.32 bits per heavy atom. The molecule has 1 aromatic heterocycles. The van der Waals surface area contributed by atoms with Crippen molar-refractivity contribution in [3.05, 3.63) is 40.7 Å². The average Bonchev–Trinajstić information content (AvgIpc) is 3.19. The first kappa shape index (κ1) is 29.4. The predicted molar refractivity (Wildman–Crippen MR) is 115 cm³/mol. The number of halogens is 8. The zero-order valence-corrected chi connectivity index (χ0v) is 20.8. The first-order valence-corrected chi connectivity index (χ1v) is 12.4. The van der Waals surface area contributed by atoms with Crippen LogP contribution in [0.15, 0.2) is 29.5 Å². The molecule has 3 rings (SSSR count). The Morgan fingerprint density at radius 3 is 2.54 bits per heavy atom. The molecular weight excluding hydrogens is 563 g/mol. The summed E-state index contributed by atoms with van der Waals surface area (Å²) in [5.41, 5.74) is -9.77. The van der Waals surface area contributed by atoms with Gasteiger partial charge in [0.1, 0.15) is 16.9 Å². The van der Waals surface area contributed by atoms with Crippen LogP contribution in [0.4, 0.5) is 30.7 Å². The number of nitrogens with zero attached hydrogens (tertiary/aromatic N) is 3. The number of carbonyl (C=O) groups excluding carboxylic acids is 1. The molecule has 0 saturated carbocycles. The number of esters is 1. The van der Waals surface area contributed by atoms with Gasteiger partial charge >= 0.3 is 21.6 Å². The Balaban J connectivity index is 2.03. The van der Waals surface area contributed by atoms with E-state index >= 15 is 0 Å². The molecule has 37 heavy (non-hydrogen) atoms. The predicted octanol–water partition coefficient (Wildman–Crippen LogP) is 4.57. The summed E-state index contributed by atoms with van der Waals surface area (Å²) in [6, 6.07) is -3.09. The molecule has 1 saturated heterocycles. The van der Waals surface area contributed by atoms with Gasteiger partial charge in [0.05, 0.1) is 31.4 Å². The highest BCUT2D eigenvalue weighted by molar-refractivity contribution is 7.87. The lowest BCUT2D eigenvalue weighted by Gasteiger charge is -2.46. The molecule has 0 aromatic carbocycles. The fourth-order valence-electron chi connectivity index (χ4n) is 4.27. The molecule has 0 amide bonds. The van der Waals surface area contributed by atoms with Crippen LogP contribution in [-0.2, 0) is 19.0 Å². The topological polar surface area (TPSA) is 90.7 Å². The Kier molecular flexibility index (Phi) is 8.09. The summed E-state index contributed by atoms with van der Waals surface area (Å²) < 4.78 is 130. The van der Waals surface area contributed by atoms with Crippen molar-refractivity contribution in [1.29, 1.82) is 0 Å². The summed E-state index contributed by atoms with van der Waals surface area (Å²) in [5, 5.41) is 3.58. The van der Waals surface area contributed by atoms with Crippen molar-refractivity contribution in [1.82, 2.24) is 14.7 Å². The van der Waals surface area contributed by atoms with Crippen molar-refractivity contribution in [3.63, 3.8) is 0 Å². The molecule has 17 heteroatoms. The molecule has 0 spiro atoms. The van der Waals surface area contributed by atoms with Gasteiger partial charge < -0.3 is 4.74 Å².